The van der Waals surface area contributed by atoms with Gasteiger partial charge in [-0.3, -0.25) is 9.59 Å². The molecular weight excluding hydrogens is 1070 g/mol. The van der Waals surface area contributed by atoms with E-state index in [1.54, 1.807) is 0 Å². The maximum Gasteiger partial charge on any atom is 0.361 e. The summed E-state index contributed by atoms with van der Waals surface area (Å²) in [6, 6.07) is 0. The largest absolute Gasteiger partial charge is 1.00 e. The van der Waals surface area contributed by atoms with Crippen LogP contribution >= 0.6 is 0 Å². The van der Waals surface area contributed by atoms with Crippen molar-refractivity contribution in [2.45, 2.75) is 219 Å². The summed E-state index contributed by atoms with van der Waals surface area (Å²) in [5.74, 6) is -1.64. The lowest BCUT2D eigenvalue weighted by Gasteiger charge is -2.32. The number of quaternary nitrogens is 2. The van der Waals surface area contributed by atoms with Gasteiger partial charge in [0.05, 0.1) is 42.3 Å². The van der Waals surface area contributed by atoms with Gasteiger partial charge >= 0.3 is 23.9 Å². The zero-order chi connectivity index (χ0) is 48.3. The number of carbonyl (C=O) groups excluding carboxylic acids is 4. The highest BCUT2D eigenvalue weighted by molar-refractivity contribution is 5.72. The Morgan fingerprint density at radius 3 is 0.821 bits per heavy atom. The fourth-order valence-electron chi connectivity index (χ4n) is 7.58. The van der Waals surface area contributed by atoms with Gasteiger partial charge in [-0.2, -0.15) is 0 Å². The summed E-state index contributed by atoms with van der Waals surface area (Å²) >= 11 is 0. The minimum absolute atomic E-state index is 0. The zero-order valence-electron chi connectivity index (χ0n) is 44.6. The van der Waals surface area contributed by atoms with E-state index in [1.807, 2.05) is 42.3 Å². The molecule has 0 aliphatic rings. The molecular formula is C55H104I2N2O8. The second-order valence-electron chi connectivity index (χ2n) is 21.1. The first-order chi connectivity index (χ1) is 31.1. The third-order valence-corrected chi connectivity index (χ3v) is 11.6. The van der Waals surface area contributed by atoms with E-state index in [0.29, 0.717) is 8.97 Å². The molecule has 0 N–H and O–H groups in total. The quantitative estimate of drug-likeness (QED) is 0.0158. The Bertz CT molecular complexity index is 1150. The van der Waals surface area contributed by atoms with Crippen molar-refractivity contribution in [1.29, 1.82) is 0 Å². The van der Waals surface area contributed by atoms with Crippen molar-refractivity contribution >= 4 is 23.9 Å². The Balaban J connectivity index is -0.0000205. The Morgan fingerprint density at radius 1 is 0.343 bits per heavy atom. The van der Waals surface area contributed by atoms with Crippen molar-refractivity contribution in [3.8, 4) is 0 Å². The standard InChI is InChI=1S/C55H104N2O8.2HI/c1-9-11-13-15-17-19-21-23-25-27-29-31-33-35-37-39-41-43-51(58)62-47-55(49-64-53(60)45-56(3,4)5,50-65-54(61)46-57(6,7)8)48-63-52(59)44-42-40-38-36-34-32-30-28-26-24-22-20-18-16-14-12-10-2;;/h23-26H,9-22,27-50H2,1-8H3;2*1H/q+2;;/p-2/b25-23+,26-24+;;. The molecule has 0 bridgehead atoms. The molecule has 0 rings (SSSR count). The predicted molar refractivity (Wildman–Crippen MR) is 269 cm³/mol. The first-order valence-electron chi connectivity index (χ1n) is 26.6. The molecule has 10 nitrogen and oxygen atoms in total. The molecule has 0 fully saturated rings. The van der Waals surface area contributed by atoms with Crippen molar-refractivity contribution in [3.05, 3.63) is 24.3 Å². The summed E-state index contributed by atoms with van der Waals surface area (Å²) in [7, 11) is 11.3. The number of unbranched alkanes of at least 4 members (excludes halogenated alkanes) is 26. The van der Waals surface area contributed by atoms with Gasteiger partial charge in [0.25, 0.3) is 0 Å². The van der Waals surface area contributed by atoms with Crippen LogP contribution < -0.4 is 48.0 Å². The van der Waals surface area contributed by atoms with Gasteiger partial charge < -0.3 is 75.9 Å². The lowest BCUT2D eigenvalue weighted by molar-refractivity contribution is -0.862. The fraction of sp³-hybridized carbons (Fsp3) is 0.855. The van der Waals surface area contributed by atoms with Crippen LogP contribution in [0.3, 0.4) is 0 Å². The zero-order valence-corrected chi connectivity index (χ0v) is 48.9. The average Bonchev–Trinajstić information content (AvgIpc) is 3.24. The number of rotatable bonds is 46. The van der Waals surface area contributed by atoms with Crippen LogP contribution in [0.5, 0.6) is 0 Å². The number of likely N-dealkylation sites (N-methyl/N-ethyl adjacent to an activating group) is 2. The number of halogens is 2. The van der Waals surface area contributed by atoms with Gasteiger partial charge in [-0.05, 0) is 64.2 Å². The van der Waals surface area contributed by atoms with Crippen molar-refractivity contribution in [3.63, 3.8) is 0 Å². The van der Waals surface area contributed by atoms with E-state index >= 15 is 0 Å². The number of allylic oxidation sites excluding steroid dienone is 4. The summed E-state index contributed by atoms with van der Waals surface area (Å²) in [4.78, 5) is 51.9. The number of esters is 4. The summed E-state index contributed by atoms with van der Waals surface area (Å²) in [5, 5.41) is 0. The first-order valence-corrected chi connectivity index (χ1v) is 26.6. The van der Waals surface area contributed by atoms with E-state index in [4.69, 9.17) is 18.9 Å². The number of hydrogen-bond donors (Lipinski definition) is 0. The van der Waals surface area contributed by atoms with E-state index in [-0.39, 0.29) is 112 Å². The van der Waals surface area contributed by atoms with Gasteiger partial charge in [0.2, 0.25) is 0 Å². The third-order valence-electron chi connectivity index (χ3n) is 11.6. The van der Waals surface area contributed by atoms with Crippen LogP contribution in [-0.2, 0) is 38.1 Å². The van der Waals surface area contributed by atoms with Crippen LogP contribution in [0.25, 0.3) is 0 Å². The molecule has 0 spiro atoms. The molecule has 0 aliphatic heterocycles. The average molecular weight is 1180 g/mol. The number of nitrogens with zero attached hydrogens (tertiary/aromatic N) is 2. The third kappa shape index (κ3) is 50.9. The molecule has 0 aromatic carbocycles. The van der Waals surface area contributed by atoms with Gasteiger partial charge in [0.15, 0.2) is 13.1 Å². The number of hydrogen-bond acceptors (Lipinski definition) is 8. The maximum atomic E-state index is 13.1. The van der Waals surface area contributed by atoms with Crippen molar-refractivity contribution in [2.24, 2.45) is 5.41 Å². The normalized spacial score (nSPS) is 11.9. The molecule has 0 radical (unpaired) electrons. The molecule has 0 aromatic heterocycles. The number of ether oxygens (including phenoxy) is 4. The Kier molecular flexibility index (Phi) is 49.2. The second kappa shape index (κ2) is 47.1. The van der Waals surface area contributed by atoms with Gasteiger partial charge in [0, 0.05) is 12.8 Å². The maximum absolute atomic E-state index is 13.1. The van der Waals surface area contributed by atoms with Crippen LogP contribution in [-0.4, -0.2) is 115 Å². The minimum Gasteiger partial charge on any atom is -1.00 e. The molecule has 12 heteroatoms. The van der Waals surface area contributed by atoms with E-state index < -0.39 is 17.4 Å². The van der Waals surface area contributed by atoms with E-state index in [1.165, 1.54) is 128 Å². The smallest absolute Gasteiger partial charge is 0.361 e. The summed E-state index contributed by atoms with van der Waals surface area (Å²) in [5.41, 5.74) is -1.25. The molecule has 0 heterocycles. The Labute approximate surface area is 446 Å². The lowest BCUT2D eigenvalue weighted by Crippen LogP contribution is -3.00. The highest BCUT2D eigenvalue weighted by Crippen LogP contribution is 2.23. The topological polar surface area (TPSA) is 105 Å². The van der Waals surface area contributed by atoms with Crippen LogP contribution in [0.4, 0.5) is 0 Å². The SMILES string of the molecule is CCCCCCCC/C=C/CCCCCCCCCC(=O)OCC(COC(=O)CCCCCCCCC/C=C/CCCCCCCC)(COC(=O)C[N+](C)(C)C)COC(=O)C[N+](C)(C)C.[I-].[I-]. The molecule has 0 saturated carbocycles. The van der Waals surface area contributed by atoms with Gasteiger partial charge in [0.1, 0.15) is 31.8 Å². The van der Waals surface area contributed by atoms with Crippen LogP contribution in [0.15, 0.2) is 24.3 Å². The first kappa shape index (κ1) is 70.0. The molecule has 0 unspecified atom stereocenters. The molecule has 67 heavy (non-hydrogen) atoms. The fourth-order valence-corrected chi connectivity index (χ4v) is 7.58. The van der Waals surface area contributed by atoms with Crippen molar-refractivity contribution in [2.75, 3.05) is 81.8 Å². The molecule has 0 saturated heterocycles. The second-order valence-corrected chi connectivity index (χ2v) is 21.1. The Hall–Kier alpha value is -1.26. The van der Waals surface area contributed by atoms with Crippen molar-refractivity contribution < 1.29 is 95.0 Å². The monoisotopic (exact) mass is 1170 g/mol. The Morgan fingerprint density at radius 2 is 0.567 bits per heavy atom. The molecule has 0 atom stereocenters. The lowest BCUT2D eigenvalue weighted by atomic mass is 9.92. The highest BCUT2D eigenvalue weighted by atomic mass is 127. The molecule has 0 aliphatic carbocycles. The summed E-state index contributed by atoms with van der Waals surface area (Å²) in [6.45, 7) is 3.87. The van der Waals surface area contributed by atoms with E-state index in [2.05, 4.69) is 38.2 Å². The van der Waals surface area contributed by atoms with Crippen LogP contribution in [0, 0.1) is 5.41 Å². The van der Waals surface area contributed by atoms with Crippen molar-refractivity contribution in [1.82, 2.24) is 0 Å². The van der Waals surface area contributed by atoms with Crippen LogP contribution in [0.1, 0.15) is 219 Å². The van der Waals surface area contributed by atoms with Gasteiger partial charge in [-0.25, -0.2) is 9.59 Å². The summed E-state index contributed by atoms with van der Waals surface area (Å²) < 4.78 is 23.8. The number of carbonyl (C=O) groups is 4. The predicted octanol–water partition coefficient (Wildman–Crippen LogP) is 7.20. The summed E-state index contributed by atoms with van der Waals surface area (Å²) in [6.07, 6.45) is 45.9. The molecule has 0 amide bonds. The highest BCUT2D eigenvalue weighted by Gasteiger charge is 2.39. The van der Waals surface area contributed by atoms with Crippen LogP contribution in [0.2, 0.25) is 0 Å². The van der Waals surface area contributed by atoms with E-state index in [9.17, 15) is 19.2 Å². The van der Waals surface area contributed by atoms with Gasteiger partial charge in [-0.15, -0.1) is 0 Å². The van der Waals surface area contributed by atoms with Gasteiger partial charge in [-0.1, -0.05) is 167 Å². The minimum atomic E-state index is -1.25. The molecule has 0 aromatic rings. The van der Waals surface area contributed by atoms with E-state index in [0.717, 1.165) is 64.2 Å². The molecule has 396 valence electrons.